The number of rotatable bonds is 2. The van der Waals surface area contributed by atoms with Crippen LogP contribution in [0.3, 0.4) is 0 Å². The minimum atomic E-state index is -0.626. The van der Waals surface area contributed by atoms with Crippen LogP contribution in [0.5, 0.6) is 0 Å². The van der Waals surface area contributed by atoms with E-state index in [-0.39, 0.29) is 22.1 Å². The molecule has 0 saturated heterocycles. The van der Waals surface area contributed by atoms with Gasteiger partial charge in [0, 0.05) is 28.1 Å². The highest BCUT2D eigenvalue weighted by Gasteiger charge is 2.16. The number of fused-ring (bicyclic) bond motifs is 1. The number of hydrogen-bond donors (Lipinski definition) is 2. The molecule has 0 saturated carbocycles. The Morgan fingerprint density at radius 1 is 1.08 bits per heavy atom. The summed E-state index contributed by atoms with van der Waals surface area (Å²) in [7, 11) is 0. The van der Waals surface area contributed by atoms with Crippen molar-refractivity contribution in [3.63, 3.8) is 0 Å². The Labute approximate surface area is 152 Å². The highest BCUT2D eigenvalue weighted by atomic mass is 35.5. The van der Waals surface area contributed by atoms with E-state index in [2.05, 4.69) is 9.98 Å². The second kappa shape index (κ2) is 6.66. The number of guanidine groups is 1. The Morgan fingerprint density at radius 3 is 2.56 bits per heavy atom. The van der Waals surface area contributed by atoms with Gasteiger partial charge in [0.25, 0.3) is 5.91 Å². The van der Waals surface area contributed by atoms with Gasteiger partial charge in [-0.15, -0.1) is 0 Å². The van der Waals surface area contributed by atoms with Crippen LogP contribution >= 0.6 is 23.2 Å². The van der Waals surface area contributed by atoms with E-state index in [9.17, 15) is 9.18 Å². The summed E-state index contributed by atoms with van der Waals surface area (Å²) < 4.78 is 14.4. The second-order valence-electron chi connectivity index (χ2n) is 5.16. The van der Waals surface area contributed by atoms with E-state index in [0.29, 0.717) is 21.5 Å². The molecular formula is C17H11Cl2FN4O. The summed E-state index contributed by atoms with van der Waals surface area (Å²) in [5, 5.41) is 1.41. The van der Waals surface area contributed by atoms with Gasteiger partial charge in [0.2, 0.25) is 0 Å². The lowest BCUT2D eigenvalue weighted by Crippen LogP contribution is -2.24. The maximum Gasteiger partial charge on any atom is 0.280 e. The Balaban J connectivity index is 2.29. The van der Waals surface area contributed by atoms with Crippen molar-refractivity contribution >= 4 is 45.8 Å². The van der Waals surface area contributed by atoms with Crippen LogP contribution in [0.4, 0.5) is 4.39 Å². The fourth-order valence-corrected chi connectivity index (χ4v) is 2.81. The fraction of sp³-hybridized carbons (Fsp3) is 0. The summed E-state index contributed by atoms with van der Waals surface area (Å²) in [5.74, 6) is -1.59. The summed E-state index contributed by atoms with van der Waals surface area (Å²) in [6.07, 6.45) is 1.41. The summed E-state index contributed by atoms with van der Waals surface area (Å²) in [4.78, 5) is 19.8. The normalized spacial score (nSPS) is 10.7. The molecule has 4 N–H and O–H groups in total. The predicted molar refractivity (Wildman–Crippen MR) is 97.3 cm³/mol. The molecule has 5 nitrogen and oxygen atoms in total. The highest BCUT2D eigenvalue weighted by molar-refractivity contribution is 6.36. The first kappa shape index (κ1) is 17.1. The third-order valence-electron chi connectivity index (χ3n) is 3.52. The van der Waals surface area contributed by atoms with Crippen molar-refractivity contribution in [1.29, 1.82) is 0 Å². The molecular weight excluding hydrogens is 366 g/mol. The zero-order valence-electron chi connectivity index (χ0n) is 12.6. The first-order chi connectivity index (χ1) is 11.9. The summed E-state index contributed by atoms with van der Waals surface area (Å²) >= 11 is 12.0. The van der Waals surface area contributed by atoms with Crippen LogP contribution in [0.1, 0.15) is 10.4 Å². The van der Waals surface area contributed by atoms with Crippen molar-refractivity contribution in [2.24, 2.45) is 16.5 Å². The number of pyridine rings is 1. The average molecular weight is 377 g/mol. The Kier molecular flexibility index (Phi) is 4.57. The SMILES string of the molecule is NC(N)=NC(=O)c1ccc2c(Cl)cnc(-c3cccc(Cl)c3F)c2c1. The van der Waals surface area contributed by atoms with Crippen molar-refractivity contribution in [2.75, 3.05) is 0 Å². The van der Waals surface area contributed by atoms with Gasteiger partial charge in [-0.05, 0) is 24.3 Å². The van der Waals surface area contributed by atoms with Gasteiger partial charge < -0.3 is 11.5 Å². The van der Waals surface area contributed by atoms with Crippen LogP contribution in [0, 0.1) is 5.82 Å². The number of nitrogens with zero attached hydrogens (tertiary/aromatic N) is 2. The van der Waals surface area contributed by atoms with Gasteiger partial charge in [-0.25, -0.2) is 4.39 Å². The lowest BCUT2D eigenvalue weighted by Gasteiger charge is -2.10. The monoisotopic (exact) mass is 376 g/mol. The van der Waals surface area contributed by atoms with Crippen LogP contribution < -0.4 is 11.5 Å². The molecule has 0 bridgehead atoms. The molecule has 1 aromatic heterocycles. The third kappa shape index (κ3) is 3.26. The van der Waals surface area contributed by atoms with E-state index < -0.39 is 11.7 Å². The predicted octanol–water partition coefficient (Wildman–Crippen LogP) is 3.76. The van der Waals surface area contributed by atoms with Crippen LogP contribution in [0.15, 0.2) is 47.6 Å². The molecule has 0 atom stereocenters. The van der Waals surface area contributed by atoms with Crippen LogP contribution in [-0.2, 0) is 0 Å². The third-order valence-corrected chi connectivity index (χ3v) is 4.12. The summed E-state index contributed by atoms with van der Waals surface area (Å²) in [6.45, 7) is 0. The maximum absolute atomic E-state index is 14.4. The number of hydrogen-bond acceptors (Lipinski definition) is 2. The lowest BCUT2D eigenvalue weighted by molar-refractivity contribution is 0.100. The van der Waals surface area contributed by atoms with E-state index in [1.54, 1.807) is 18.2 Å². The maximum atomic E-state index is 14.4. The lowest BCUT2D eigenvalue weighted by atomic mass is 10.0. The zero-order chi connectivity index (χ0) is 18.1. The number of benzene rings is 2. The number of aromatic nitrogens is 1. The van der Waals surface area contributed by atoms with E-state index in [4.69, 9.17) is 34.7 Å². The van der Waals surface area contributed by atoms with E-state index in [0.717, 1.165) is 0 Å². The molecule has 0 aliphatic carbocycles. The molecule has 0 unspecified atom stereocenters. The minimum Gasteiger partial charge on any atom is -0.370 e. The number of halogens is 3. The first-order valence-corrected chi connectivity index (χ1v) is 7.80. The first-order valence-electron chi connectivity index (χ1n) is 7.05. The molecule has 0 spiro atoms. The number of carbonyl (C=O) groups excluding carboxylic acids is 1. The van der Waals surface area contributed by atoms with Crippen molar-refractivity contribution in [1.82, 2.24) is 4.98 Å². The topological polar surface area (TPSA) is 94.4 Å². The summed E-state index contributed by atoms with van der Waals surface area (Å²) in [5.41, 5.74) is 11.2. The van der Waals surface area contributed by atoms with Crippen molar-refractivity contribution in [2.45, 2.75) is 0 Å². The van der Waals surface area contributed by atoms with Crippen molar-refractivity contribution in [3.05, 3.63) is 64.0 Å². The number of amides is 1. The molecule has 0 fully saturated rings. The molecule has 0 aliphatic heterocycles. The van der Waals surface area contributed by atoms with E-state index in [1.165, 1.54) is 24.4 Å². The van der Waals surface area contributed by atoms with Crippen LogP contribution in [0.25, 0.3) is 22.0 Å². The average Bonchev–Trinajstić information content (AvgIpc) is 2.57. The molecule has 1 heterocycles. The largest absolute Gasteiger partial charge is 0.370 e. The van der Waals surface area contributed by atoms with Gasteiger partial charge in [0.05, 0.1) is 15.7 Å². The van der Waals surface area contributed by atoms with Gasteiger partial charge in [-0.1, -0.05) is 35.3 Å². The van der Waals surface area contributed by atoms with Crippen molar-refractivity contribution in [3.8, 4) is 11.3 Å². The molecule has 25 heavy (non-hydrogen) atoms. The Hall–Kier alpha value is -2.70. The summed E-state index contributed by atoms with van der Waals surface area (Å²) in [6, 6.07) is 9.26. The smallest absolute Gasteiger partial charge is 0.280 e. The molecule has 0 radical (unpaired) electrons. The van der Waals surface area contributed by atoms with Crippen molar-refractivity contribution < 1.29 is 9.18 Å². The zero-order valence-corrected chi connectivity index (χ0v) is 14.1. The van der Waals surface area contributed by atoms with E-state index >= 15 is 0 Å². The molecule has 3 aromatic rings. The van der Waals surface area contributed by atoms with Gasteiger partial charge in [-0.2, -0.15) is 4.99 Å². The van der Waals surface area contributed by atoms with Crippen LogP contribution in [0.2, 0.25) is 10.0 Å². The molecule has 3 rings (SSSR count). The van der Waals surface area contributed by atoms with Gasteiger partial charge in [0.1, 0.15) is 0 Å². The van der Waals surface area contributed by atoms with Gasteiger partial charge in [0.15, 0.2) is 11.8 Å². The molecule has 8 heteroatoms. The molecule has 0 aliphatic rings. The standard InChI is InChI=1S/C17H11Cl2FN4O/c18-12-3-1-2-10(14(12)20)15-11-6-8(16(25)24-17(21)22)4-5-9(11)13(19)7-23-15/h1-7H,(H4,21,22,24,25). The van der Waals surface area contributed by atoms with Gasteiger partial charge >= 0.3 is 0 Å². The molecule has 126 valence electrons. The van der Waals surface area contributed by atoms with Crippen LogP contribution in [-0.4, -0.2) is 16.9 Å². The molecule has 2 aromatic carbocycles. The number of nitrogens with two attached hydrogens (primary N) is 2. The van der Waals surface area contributed by atoms with E-state index in [1.807, 2.05) is 0 Å². The minimum absolute atomic E-state index is 0.0323. The Morgan fingerprint density at radius 2 is 1.84 bits per heavy atom. The highest BCUT2D eigenvalue weighted by Crippen LogP contribution is 2.34. The van der Waals surface area contributed by atoms with Gasteiger partial charge in [-0.3, -0.25) is 9.78 Å². The molecule has 1 amide bonds. The Bertz CT molecular complexity index is 1030. The second-order valence-corrected chi connectivity index (χ2v) is 5.97. The quantitative estimate of drug-likeness (QED) is 0.525. The number of carbonyl (C=O) groups is 1. The fourth-order valence-electron chi connectivity index (χ4n) is 2.42. The number of aliphatic imine (C=N–C) groups is 1.